The smallest absolute Gasteiger partial charge is 0.251 e. The lowest BCUT2D eigenvalue weighted by Gasteiger charge is -2.13. The molecule has 28 heavy (non-hydrogen) atoms. The third-order valence-corrected chi connectivity index (χ3v) is 5.13. The van der Waals surface area contributed by atoms with E-state index in [1.54, 1.807) is 0 Å². The van der Waals surface area contributed by atoms with E-state index in [4.69, 9.17) is 0 Å². The van der Waals surface area contributed by atoms with E-state index in [0.29, 0.717) is 22.5 Å². The van der Waals surface area contributed by atoms with Crippen molar-refractivity contribution in [2.24, 2.45) is 0 Å². The van der Waals surface area contributed by atoms with Crippen LogP contribution in [0.2, 0.25) is 0 Å². The summed E-state index contributed by atoms with van der Waals surface area (Å²) in [6, 6.07) is 19.1. The number of aromatic amines is 1. The van der Waals surface area contributed by atoms with Gasteiger partial charge in [0, 0.05) is 17.5 Å². The fourth-order valence-electron chi connectivity index (χ4n) is 2.84. The van der Waals surface area contributed by atoms with E-state index in [0.717, 1.165) is 16.8 Å². The summed E-state index contributed by atoms with van der Waals surface area (Å²) in [4.78, 5) is 31.6. The highest BCUT2D eigenvalue weighted by Crippen LogP contribution is 2.24. The lowest BCUT2D eigenvalue weighted by atomic mass is 10.0. The Hall–Kier alpha value is -2.86. The van der Waals surface area contributed by atoms with Gasteiger partial charge in [0.25, 0.3) is 5.56 Å². The molecule has 2 N–H and O–H groups in total. The second-order valence-corrected chi connectivity index (χ2v) is 7.75. The molecule has 5 nitrogen and oxygen atoms in total. The molecule has 0 aliphatic heterocycles. The highest BCUT2D eigenvalue weighted by atomic mass is 32.2. The van der Waals surface area contributed by atoms with Gasteiger partial charge in [-0.1, -0.05) is 74.1 Å². The van der Waals surface area contributed by atoms with Crippen LogP contribution < -0.4 is 10.9 Å². The van der Waals surface area contributed by atoms with Crippen molar-refractivity contribution in [3.8, 4) is 0 Å². The molecule has 0 unspecified atom stereocenters. The molecule has 0 saturated heterocycles. The van der Waals surface area contributed by atoms with Gasteiger partial charge in [0.05, 0.1) is 12.1 Å². The Morgan fingerprint density at radius 3 is 2.57 bits per heavy atom. The number of hydrogen-bond donors (Lipinski definition) is 2. The molecule has 2 aromatic carbocycles. The van der Waals surface area contributed by atoms with Crippen molar-refractivity contribution in [2.75, 3.05) is 5.32 Å². The highest BCUT2D eigenvalue weighted by Gasteiger charge is 2.12. The molecule has 0 aliphatic rings. The average Bonchev–Trinajstić information content (AvgIpc) is 2.67. The zero-order chi connectivity index (χ0) is 19.9. The van der Waals surface area contributed by atoms with E-state index >= 15 is 0 Å². The molecule has 144 valence electrons. The molecule has 0 spiro atoms. The Bertz CT molecular complexity index is 1000. The summed E-state index contributed by atoms with van der Waals surface area (Å²) in [7, 11) is 0. The quantitative estimate of drug-likeness (QED) is 0.462. The molecule has 6 heteroatoms. The summed E-state index contributed by atoms with van der Waals surface area (Å²) in [6.45, 7) is 4.17. The van der Waals surface area contributed by atoms with E-state index in [-0.39, 0.29) is 17.9 Å². The van der Waals surface area contributed by atoms with E-state index in [2.05, 4.69) is 29.1 Å². The minimum atomic E-state index is -0.254. The fraction of sp³-hybridized carbons (Fsp3) is 0.227. The van der Waals surface area contributed by atoms with Crippen molar-refractivity contribution < 1.29 is 4.79 Å². The van der Waals surface area contributed by atoms with Crippen molar-refractivity contribution >= 4 is 23.4 Å². The number of rotatable bonds is 7. The van der Waals surface area contributed by atoms with Gasteiger partial charge in [0.2, 0.25) is 5.91 Å². The average molecular weight is 394 g/mol. The molecule has 0 radical (unpaired) electrons. The van der Waals surface area contributed by atoms with Gasteiger partial charge >= 0.3 is 0 Å². The summed E-state index contributed by atoms with van der Waals surface area (Å²) < 4.78 is 0. The van der Waals surface area contributed by atoms with Crippen LogP contribution in [-0.2, 0) is 17.0 Å². The lowest BCUT2D eigenvalue weighted by Crippen LogP contribution is -2.19. The van der Waals surface area contributed by atoms with Crippen molar-refractivity contribution in [1.29, 1.82) is 0 Å². The molecule has 0 aliphatic carbocycles. The molecule has 3 aromatic rings. The number of nitrogens with one attached hydrogen (secondary N) is 2. The number of carbonyl (C=O) groups excluding carboxylic acids is 1. The molecule has 1 amide bonds. The minimum Gasteiger partial charge on any atom is -0.325 e. The van der Waals surface area contributed by atoms with Crippen LogP contribution in [0.25, 0.3) is 0 Å². The molecular weight excluding hydrogens is 370 g/mol. The maximum absolute atomic E-state index is 12.5. The van der Waals surface area contributed by atoms with E-state index < -0.39 is 0 Å². The number of nitrogens with zero attached hydrogens (tertiary/aromatic N) is 1. The Morgan fingerprint density at radius 1 is 1.11 bits per heavy atom. The van der Waals surface area contributed by atoms with Crippen molar-refractivity contribution in [2.45, 2.75) is 37.1 Å². The molecule has 1 heterocycles. The number of benzene rings is 2. The number of amides is 1. The number of carbonyl (C=O) groups is 1. The zero-order valence-electron chi connectivity index (χ0n) is 15.9. The first-order valence-electron chi connectivity index (χ1n) is 9.17. The van der Waals surface area contributed by atoms with Crippen LogP contribution in [0.5, 0.6) is 0 Å². The van der Waals surface area contributed by atoms with Crippen molar-refractivity contribution in [1.82, 2.24) is 9.97 Å². The second-order valence-electron chi connectivity index (χ2n) is 6.78. The van der Waals surface area contributed by atoms with Gasteiger partial charge in [-0.3, -0.25) is 9.59 Å². The van der Waals surface area contributed by atoms with E-state index in [1.807, 2.05) is 54.6 Å². The number of aromatic nitrogens is 2. The van der Waals surface area contributed by atoms with E-state index in [1.165, 1.54) is 17.8 Å². The predicted octanol–water partition coefficient (Wildman–Crippen LogP) is 4.37. The van der Waals surface area contributed by atoms with Gasteiger partial charge in [0.15, 0.2) is 5.16 Å². The number of anilines is 1. The minimum absolute atomic E-state index is 0.0508. The topological polar surface area (TPSA) is 74.8 Å². The first-order chi connectivity index (χ1) is 13.5. The maximum Gasteiger partial charge on any atom is 0.251 e. The van der Waals surface area contributed by atoms with Crippen molar-refractivity contribution in [3.63, 3.8) is 0 Å². The molecular formula is C22H23N3O2S. The molecule has 0 bridgehead atoms. The molecule has 0 saturated carbocycles. The normalized spacial score (nSPS) is 10.8. The third-order valence-electron chi connectivity index (χ3n) is 4.19. The van der Waals surface area contributed by atoms with Gasteiger partial charge in [-0.2, -0.15) is 0 Å². The van der Waals surface area contributed by atoms with Crippen molar-refractivity contribution in [3.05, 3.63) is 87.8 Å². The Labute approximate surface area is 168 Å². The van der Waals surface area contributed by atoms with Gasteiger partial charge in [-0.05, 0) is 23.1 Å². The van der Waals surface area contributed by atoms with Gasteiger partial charge in [0.1, 0.15) is 0 Å². The number of para-hydroxylation sites is 1. The Balaban J connectivity index is 1.68. The van der Waals surface area contributed by atoms with Gasteiger partial charge in [-0.15, -0.1) is 0 Å². The van der Waals surface area contributed by atoms with Crippen LogP contribution in [0.15, 0.2) is 70.6 Å². The first kappa shape index (κ1) is 19.9. The summed E-state index contributed by atoms with van der Waals surface area (Å²) in [5.41, 5.74) is 3.22. The fourth-order valence-corrected chi connectivity index (χ4v) is 3.69. The van der Waals surface area contributed by atoms with Crippen LogP contribution in [0.4, 0.5) is 5.69 Å². The number of H-pyrrole nitrogens is 1. The number of thioether (sulfide) groups is 1. The maximum atomic E-state index is 12.5. The largest absolute Gasteiger partial charge is 0.325 e. The van der Waals surface area contributed by atoms with Crippen LogP contribution in [-0.4, -0.2) is 15.9 Å². The molecule has 0 fully saturated rings. The van der Waals surface area contributed by atoms with Crippen LogP contribution in [0.1, 0.15) is 36.6 Å². The summed E-state index contributed by atoms with van der Waals surface area (Å²) in [5, 5.41) is 3.45. The predicted molar refractivity (Wildman–Crippen MR) is 114 cm³/mol. The van der Waals surface area contributed by atoms with Gasteiger partial charge < -0.3 is 10.3 Å². The van der Waals surface area contributed by atoms with Crippen LogP contribution in [0.3, 0.4) is 0 Å². The summed E-state index contributed by atoms with van der Waals surface area (Å²) >= 11 is 1.44. The number of hydrogen-bond acceptors (Lipinski definition) is 4. The standard InChI is InChI=1S/C22H23N3O2S/c1-15(2)18-10-6-7-11-19(18)24-20(26)12-17-13-21(27)25-22(23-17)28-14-16-8-4-3-5-9-16/h3-11,13,15H,12,14H2,1-2H3,(H,24,26)(H,23,25,27). The highest BCUT2D eigenvalue weighted by molar-refractivity contribution is 7.98. The zero-order valence-corrected chi connectivity index (χ0v) is 16.8. The SMILES string of the molecule is CC(C)c1ccccc1NC(=O)Cc1cc(=O)[nH]c(SCc2ccccc2)n1. The monoisotopic (exact) mass is 393 g/mol. The second kappa shape index (κ2) is 9.37. The molecule has 1 aromatic heterocycles. The third kappa shape index (κ3) is 5.57. The summed E-state index contributed by atoms with van der Waals surface area (Å²) in [5.74, 6) is 0.807. The van der Waals surface area contributed by atoms with Crippen LogP contribution >= 0.6 is 11.8 Å². The van der Waals surface area contributed by atoms with E-state index in [9.17, 15) is 9.59 Å². The lowest BCUT2D eigenvalue weighted by molar-refractivity contribution is -0.115. The Kier molecular flexibility index (Phi) is 6.66. The molecule has 3 rings (SSSR count). The molecule has 0 atom stereocenters. The van der Waals surface area contributed by atoms with Crippen LogP contribution in [0, 0.1) is 0 Å². The summed E-state index contributed by atoms with van der Waals surface area (Å²) in [6.07, 6.45) is 0.0508. The Morgan fingerprint density at radius 2 is 1.82 bits per heavy atom. The van der Waals surface area contributed by atoms with Gasteiger partial charge in [-0.25, -0.2) is 4.98 Å². The first-order valence-corrected chi connectivity index (χ1v) is 10.2.